The minimum atomic E-state index is 0.447. The van der Waals surface area contributed by atoms with Gasteiger partial charge >= 0.3 is 0 Å². The summed E-state index contributed by atoms with van der Waals surface area (Å²) in [5, 5.41) is 0. The molecule has 0 spiro atoms. The van der Waals surface area contributed by atoms with Crippen molar-refractivity contribution in [3.8, 4) is 0 Å². The van der Waals surface area contributed by atoms with Crippen molar-refractivity contribution in [1.29, 1.82) is 0 Å². The molecule has 2 aromatic heterocycles. The third kappa shape index (κ3) is 0.997. The minimum Gasteiger partial charge on any atom is -0.382 e. The molecule has 0 aromatic carbocycles. The molecule has 0 radical (unpaired) electrons. The van der Waals surface area contributed by atoms with E-state index in [1.807, 2.05) is 0 Å². The molecule has 0 aliphatic rings. The zero-order valence-electron chi connectivity index (χ0n) is 5.37. The van der Waals surface area contributed by atoms with Gasteiger partial charge in [0.1, 0.15) is 16.7 Å². The number of nitrogen functional groups attached to an aromatic ring is 1. The summed E-state index contributed by atoms with van der Waals surface area (Å²) in [5.41, 5.74) is 6.29. The Hall–Kier alpha value is -1.01. The standard InChI is InChI=1S/C5H4N4S2/c6-3-2-4(8-1-7-3)11-5(10)9-2/h1H,(H,9,10)(H2,6,7,8). The topological polar surface area (TPSA) is 67.6 Å². The fourth-order valence-electron chi connectivity index (χ4n) is 0.792. The van der Waals surface area contributed by atoms with Gasteiger partial charge in [-0.15, -0.1) is 0 Å². The Balaban J connectivity index is 3.01. The lowest BCUT2D eigenvalue weighted by Crippen LogP contribution is -1.91. The van der Waals surface area contributed by atoms with Crippen molar-refractivity contribution in [2.45, 2.75) is 0 Å². The molecule has 0 amide bonds. The quantitative estimate of drug-likeness (QED) is 0.606. The Kier molecular flexibility index (Phi) is 1.36. The zero-order chi connectivity index (χ0) is 7.84. The van der Waals surface area contributed by atoms with Gasteiger partial charge in [-0.3, -0.25) is 0 Å². The van der Waals surface area contributed by atoms with Crippen molar-refractivity contribution in [3.05, 3.63) is 10.3 Å². The maximum atomic E-state index is 5.55. The predicted molar refractivity (Wildman–Crippen MR) is 47.0 cm³/mol. The van der Waals surface area contributed by atoms with Crippen LogP contribution in [-0.4, -0.2) is 15.0 Å². The Labute approximate surface area is 71.1 Å². The molecule has 0 fully saturated rings. The molecule has 0 atom stereocenters. The van der Waals surface area contributed by atoms with Crippen molar-refractivity contribution < 1.29 is 0 Å². The van der Waals surface area contributed by atoms with Crippen molar-refractivity contribution in [2.75, 3.05) is 5.73 Å². The Morgan fingerprint density at radius 1 is 1.55 bits per heavy atom. The highest BCUT2D eigenvalue weighted by atomic mass is 32.1. The van der Waals surface area contributed by atoms with E-state index in [1.54, 1.807) is 0 Å². The number of thiazole rings is 1. The molecular weight excluding hydrogens is 180 g/mol. The van der Waals surface area contributed by atoms with Crippen LogP contribution < -0.4 is 5.73 Å². The molecule has 0 aliphatic carbocycles. The Morgan fingerprint density at radius 2 is 2.36 bits per heavy atom. The van der Waals surface area contributed by atoms with Crippen LogP contribution in [-0.2, 0) is 0 Å². The summed E-state index contributed by atoms with van der Waals surface area (Å²) in [4.78, 5) is 11.5. The molecule has 11 heavy (non-hydrogen) atoms. The highest BCUT2D eigenvalue weighted by molar-refractivity contribution is 7.73. The minimum absolute atomic E-state index is 0.447. The van der Waals surface area contributed by atoms with E-state index in [2.05, 4.69) is 15.0 Å². The van der Waals surface area contributed by atoms with Gasteiger partial charge in [0, 0.05) is 0 Å². The number of nitrogens with zero attached hydrogens (tertiary/aromatic N) is 2. The Morgan fingerprint density at radius 3 is 3.09 bits per heavy atom. The van der Waals surface area contributed by atoms with E-state index >= 15 is 0 Å². The first-order valence-electron chi connectivity index (χ1n) is 2.86. The van der Waals surface area contributed by atoms with Gasteiger partial charge in [0.2, 0.25) is 0 Å². The van der Waals surface area contributed by atoms with Gasteiger partial charge in [-0.05, 0) is 12.2 Å². The van der Waals surface area contributed by atoms with E-state index in [1.165, 1.54) is 17.7 Å². The van der Waals surface area contributed by atoms with E-state index in [-0.39, 0.29) is 0 Å². The van der Waals surface area contributed by atoms with Crippen molar-refractivity contribution in [1.82, 2.24) is 15.0 Å². The number of H-pyrrole nitrogens is 1. The number of nitrogens with two attached hydrogens (primary N) is 1. The zero-order valence-corrected chi connectivity index (χ0v) is 7.00. The number of hydrogen-bond acceptors (Lipinski definition) is 5. The molecule has 0 unspecified atom stereocenters. The fourth-order valence-corrected chi connectivity index (χ4v) is 1.82. The molecule has 6 heteroatoms. The van der Waals surface area contributed by atoms with Crippen LogP contribution in [0.4, 0.5) is 5.82 Å². The van der Waals surface area contributed by atoms with Crippen LogP contribution in [0.3, 0.4) is 0 Å². The normalized spacial score (nSPS) is 10.5. The highest BCUT2D eigenvalue weighted by Gasteiger charge is 2.01. The van der Waals surface area contributed by atoms with Crippen molar-refractivity contribution in [2.24, 2.45) is 0 Å². The molecule has 2 aromatic rings. The van der Waals surface area contributed by atoms with E-state index in [4.69, 9.17) is 18.0 Å². The largest absolute Gasteiger partial charge is 0.382 e. The number of aromatic nitrogens is 3. The summed E-state index contributed by atoms with van der Waals surface area (Å²) in [5.74, 6) is 0.447. The second-order valence-electron chi connectivity index (χ2n) is 1.95. The second-order valence-corrected chi connectivity index (χ2v) is 3.62. The van der Waals surface area contributed by atoms with Gasteiger partial charge in [0.15, 0.2) is 9.77 Å². The van der Waals surface area contributed by atoms with Crippen molar-refractivity contribution in [3.63, 3.8) is 0 Å². The van der Waals surface area contributed by atoms with E-state index in [9.17, 15) is 0 Å². The molecule has 0 aliphatic heterocycles. The number of aromatic amines is 1. The molecule has 56 valence electrons. The van der Waals surface area contributed by atoms with Gasteiger partial charge < -0.3 is 10.7 Å². The van der Waals surface area contributed by atoms with Crippen LogP contribution in [0, 0.1) is 3.95 Å². The van der Waals surface area contributed by atoms with Gasteiger partial charge in [-0.1, -0.05) is 11.3 Å². The third-order valence-corrected chi connectivity index (χ3v) is 2.40. The smallest absolute Gasteiger partial charge is 0.161 e. The maximum absolute atomic E-state index is 5.55. The van der Waals surface area contributed by atoms with Crippen LogP contribution in [0.15, 0.2) is 6.33 Å². The van der Waals surface area contributed by atoms with Crippen molar-refractivity contribution >= 4 is 39.7 Å². The molecule has 4 nitrogen and oxygen atoms in total. The first kappa shape index (κ1) is 6.68. The summed E-state index contributed by atoms with van der Waals surface area (Å²) in [6.07, 6.45) is 1.43. The van der Waals surface area contributed by atoms with Gasteiger partial charge in [-0.2, -0.15) is 0 Å². The molecule has 2 rings (SSSR count). The van der Waals surface area contributed by atoms with E-state index < -0.39 is 0 Å². The maximum Gasteiger partial charge on any atom is 0.161 e. The molecule has 0 bridgehead atoms. The number of rotatable bonds is 0. The van der Waals surface area contributed by atoms with Gasteiger partial charge in [0.05, 0.1) is 0 Å². The van der Waals surface area contributed by atoms with Gasteiger partial charge in [-0.25, -0.2) is 9.97 Å². The number of nitrogens with one attached hydrogen (secondary N) is 1. The van der Waals surface area contributed by atoms with Crippen LogP contribution in [0.25, 0.3) is 10.3 Å². The van der Waals surface area contributed by atoms with Crippen LogP contribution in [0.1, 0.15) is 0 Å². The number of anilines is 1. The predicted octanol–water partition coefficient (Wildman–Crippen LogP) is 1.33. The summed E-state index contributed by atoms with van der Waals surface area (Å²) < 4.78 is 0.673. The second kappa shape index (κ2) is 2.24. The fraction of sp³-hybridized carbons (Fsp3) is 0. The highest BCUT2D eigenvalue weighted by Crippen LogP contribution is 2.19. The first-order valence-corrected chi connectivity index (χ1v) is 4.09. The summed E-state index contributed by atoms with van der Waals surface area (Å²) in [6.45, 7) is 0. The molecular formula is C5H4N4S2. The molecule has 0 saturated carbocycles. The van der Waals surface area contributed by atoms with Gasteiger partial charge in [0.25, 0.3) is 0 Å². The Bertz CT molecular complexity index is 443. The monoisotopic (exact) mass is 184 g/mol. The third-order valence-electron chi connectivity index (χ3n) is 1.26. The number of hydrogen-bond donors (Lipinski definition) is 2. The lowest BCUT2D eigenvalue weighted by molar-refractivity contribution is 1.23. The average Bonchev–Trinajstić information content (AvgIpc) is 2.31. The number of fused-ring (bicyclic) bond motifs is 1. The summed E-state index contributed by atoms with van der Waals surface area (Å²) in [7, 11) is 0. The van der Waals surface area contributed by atoms with E-state index in [0.717, 1.165) is 10.3 Å². The summed E-state index contributed by atoms with van der Waals surface area (Å²) in [6, 6.07) is 0. The lowest BCUT2D eigenvalue weighted by atomic mass is 10.5. The first-order chi connectivity index (χ1) is 5.27. The van der Waals surface area contributed by atoms with Crippen LogP contribution in [0.2, 0.25) is 0 Å². The summed E-state index contributed by atoms with van der Waals surface area (Å²) >= 11 is 6.31. The van der Waals surface area contributed by atoms with Crippen LogP contribution in [0.5, 0.6) is 0 Å². The molecule has 2 heterocycles. The van der Waals surface area contributed by atoms with Crippen LogP contribution >= 0.6 is 23.6 Å². The lowest BCUT2D eigenvalue weighted by Gasteiger charge is -1.89. The average molecular weight is 184 g/mol. The molecule has 3 N–H and O–H groups in total. The van der Waals surface area contributed by atoms with E-state index in [0.29, 0.717) is 9.77 Å². The molecule has 0 saturated heterocycles. The SMILES string of the molecule is Nc1ncnc2sc(=S)[nH]c12.